The van der Waals surface area contributed by atoms with E-state index in [4.69, 9.17) is 4.74 Å². The minimum Gasteiger partial charge on any atom is -0.497 e. The highest BCUT2D eigenvalue weighted by molar-refractivity contribution is 7.98. The summed E-state index contributed by atoms with van der Waals surface area (Å²) in [4.78, 5) is 21.2. The Hall–Kier alpha value is -2.71. The van der Waals surface area contributed by atoms with Gasteiger partial charge in [0.25, 0.3) is 5.56 Å². The maximum absolute atomic E-state index is 13.3. The molecule has 8 heteroatoms. The number of rotatable bonds is 5. The highest BCUT2D eigenvalue weighted by Crippen LogP contribution is 2.32. The lowest BCUT2D eigenvalue weighted by Crippen LogP contribution is -2.09. The molecule has 0 amide bonds. The van der Waals surface area contributed by atoms with Gasteiger partial charge in [-0.25, -0.2) is 13.8 Å². The van der Waals surface area contributed by atoms with Gasteiger partial charge in [-0.05, 0) is 54.1 Å². The second-order valence-electron chi connectivity index (χ2n) is 5.93. The number of nitrogens with one attached hydrogen (secondary N) is 1. The maximum atomic E-state index is 13.3. The molecule has 0 fully saturated rings. The minimum atomic E-state index is -0.899. The quantitative estimate of drug-likeness (QED) is 0.453. The van der Waals surface area contributed by atoms with Crippen LogP contribution in [0.5, 0.6) is 5.75 Å². The molecule has 0 aliphatic carbocycles. The van der Waals surface area contributed by atoms with Crippen LogP contribution >= 0.6 is 23.1 Å². The standard InChI is InChI=1S/C20H14F2N2O2S2/c1-26-12-4-2-11(3-5-12)17-9-16-19(28-17)20(25)24-18(23-16)10-27-13-6-7-14(21)15(22)8-13/h2-9H,10H2,1H3,(H,23,24,25). The fraction of sp³-hybridized carbons (Fsp3) is 0.100. The molecule has 0 saturated heterocycles. The molecule has 0 aliphatic rings. The van der Waals surface area contributed by atoms with Crippen LogP contribution in [-0.4, -0.2) is 17.1 Å². The fourth-order valence-electron chi connectivity index (χ4n) is 2.67. The van der Waals surface area contributed by atoms with Crippen molar-refractivity contribution >= 4 is 33.3 Å². The van der Waals surface area contributed by atoms with E-state index in [1.807, 2.05) is 30.3 Å². The van der Waals surface area contributed by atoms with Crippen LogP contribution in [0.2, 0.25) is 0 Å². The van der Waals surface area contributed by atoms with E-state index >= 15 is 0 Å². The van der Waals surface area contributed by atoms with Gasteiger partial charge in [0.05, 0.1) is 18.4 Å². The molecule has 2 aromatic carbocycles. The number of H-pyrrole nitrogens is 1. The summed E-state index contributed by atoms with van der Waals surface area (Å²) in [5.41, 5.74) is 1.37. The van der Waals surface area contributed by atoms with Crippen molar-refractivity contribution < 1.29 is 13.5 Å². The third-order valence-electron chi connectivity index (χ3n) is 4.07. The molecular weight excluding hydrogens is 402 g/mol. The first-order valence-corrected chi connectivity index (χ1v) is 10.1. The number of hydrogen-bond donors (Lipinski definition) is 1. The predicted molar refractivity (Wildman–Crippen MR) is 108 cm³/mol. The number of thioether (sulfide) groups is 1. The molecule has 28 heavy (non-hydrogen) atoms. The number of ether oxygens (including phenoxy) is 1. The second kappa shape index (κ2) is 7.73. The molecule has 0 spiro atoms. The third-order valence-corrected chi connectivity index (χ3v) is 6.25. The Morgan fingerprint density at radius 2 is 1.89 bits per heavy atom. The van der Waals surface area contributed by atoms with E-state index in [1.54, 1.807) is 7.11 Å². The van der Waals surface area contributed by atoms with Crippen molar-refractivity contribution in [1.82, 2.24) is 9.97 Å². The Morgan fingerprint density at radius 3 is 2.61 bits per heavy atom. The number of halogens is 2. The maximum Gasteiger partial charge on any atom is 0.268 e. The Morgan fingerprint density at radius 1 is 1.11 bits per heavy atom. The number of nitrogens with zero attached hydrogens (tertiary/aromatic N) is 1. The summed E-state index contributed by atoms with van der Waals surface area (Å²) in [6, 6.07) is 13.2. The van der Waals surface area contributed by atoms with E-state index in [1.165, 1.54) is 29.2 Å². The molecule has 0 bridgehead atoms. The zero-order chi connectivity index (χ0) is 19.7. The van der Waals surface area contributed by atoms with Crippen LogP contribution in [0.3, 0.4) is 0 Å². The van der Waals surface area contributed by atoms with Gasteiger partial charge in [0.15, 0.2) is 11.6 Å². The Bertz CT molecular complexity index is 1200. The van der Waals surface area contributed by atoms with Gasteiger partial charge >= 0.3 is 0 Å². The molecule has 4 aromatic rings. The van der Waals surface area contributed by atoms with E-state index in [0.29, 0.717) is 26.7 Å². The minimum absolute atomic E-state index is 0.212. The molecule has 0 aliphatic heterocycles. The summed E-state index contributed by atoms with van der Waals surface area (Å²) in [6.45, 7) is 0. The van der Waals surface area contributed by atoms with Crippen LogP contribution in [0.1, 0.15) is 5.82 Å². The number of fused-ring (bicyclic) bond motifs is 1. The Balaban J connectivity index is 1.60. The average Bonchev–Trinajstić information content (AvgIpc) is 3.14. The highest BCUT2D eigenvalue weighted by atomic mass is 32.2. The predicted octanol–water partition coefficient (Wildman–Crippen LogP) is 5.23. The van der Waals surface area contributed by atoms with Crippen LogP contribution in [0.25, 0.3) is 20.7 Å². The molecule has 2 aromatic heterocycles. The van der Waals surface area contributed by atoms with Gasteiger partial charge in [-0.3, -0.25) is 4.79 Å². The normalized spacial score (nSPS) is 11.1. The molecule has 4 nitrogen and oxygen atoms in total. The largest absolute Gasteiger partial charge is 0.497 e. The van der Waals surface area contributed by atoms with Gasteiger partial charge in [-0.1, -0.05) is 0 Å². The number of benzene rings is 2. The monoisotopic (exact) mass is 416 g/mol. The first-order chi connectivity index (χ1) is 13.5. The van der Waals surface area contributed by atoms with Crippen molar-refractivity contribution in [3.63, 3.8) is 0 Å². The van der Waals surface area contributed by atoms with E-state index < -0.39 is 11.6 Å². The summed E-state index contributed by atoms with van der Waals surface area (Å²) in [7, 11) is 1.61. The molecule has 2 heterocycles. The van der Waals surface area contributed by atoms with Gasteiger partial charge < -0.3 is 9.72 Å². The topological polar surface area (TPSA) is 55.0 Å². The van der Waals surface area contributed by atoms with Crippen LogP contribution in [0.4, 0.5) is 8.78 Å². The fourth-order valence-corrected chi connectivity index (χ4v) is 4.46. The van der Waals surface area contributed by atoms with E-state index in [9.17, 15) is 13.6 Å². The smallest absolute Gasteiger partial charge is 0.268 e. The molecular formula is C20H14F2N2O2S2. The van der Waals surface area contributed by atoms with E-state index in [2.05, 4.69) is 9.97 Å². The molecule has 0 unspecified atom stereocenters. The van der Waals surface area contributed by atoms with Crippen molar-refractivity contribution in [2.24, 2.45) is 0 Å². The Labute approximate surface area is 167 Å². The zero-order valence-electron chi connectivity index (χ0n) is 14.7. The molecule has 142 valence electrons. The summed E-state index contributed by atoms with van der Waals surface area (Å²) < 4.78 is 32.1. The number of aromatic amines is 1. The van der Waals surface area contributed by atoms with Gasteiger partial charge in [0.1, 0.15) is 16.3 Å². The highest BCUT2D eigenvalue weighted by Gasteiger charge is 2.11. The van der Waals surface area contributed by atoms with Crippen molar-refractivity contribution in [2.75, 3.05) is 7.11 Å². The van der Waals surface area contributed by atoms with Crippen LogP contribution in [0.15, 0.2) is 58.2 Å². The van der Waals surface area contributed by atoms with Crippen molar-refractivity contribution in [2.45, 2.75) is 10.6 Å². The molecule has 0 saturated carbocycles. The van der Waals surface area contributed by atoms with Crippen LogP contribution in [-0.2, 0) is 5.75 Å². The molecule has 4 rings (SSSR count). The number of methoxy groups -OCH3 is 1. The number of thiophene rings is 1. The van der Waals surface area contributed by atoms with Crippen LogP contribution < -0.4 is 10.3 Å². The molecule has 0 atom stereocenters. The van der Waals surface area contributed by atoms with Gasteiger partial charge in [0, 0.05) is 9.77 Å². The lowest BCUT2D eigenvalue weighted by molar-refractivity contribution is 0.415. The Kier molecular flexibility index (Phi) is 5.15. The first kappa shape index (κ1) is 18.6. The van der Waals surface area contributed by atoms with E-state index in [-0.39, 0.29) is 5.56 Å². The SMILES string of the molecule is COc1ccc(-c2cc3nc(CSc4ccc(F)c(F)c4)[nH]c(=O)c3s2)cc1. The summed E-state index contributed by atoms with van der Waals surface area (Å²) >= 11 is 2.64. The van der Waals surface area contributed by atoms with E-state index in [0.717, 1.165) is 28.3 Å². The summed E-state index contributed by atoms with van der Waals surface area (Å²) in [5.74, 6) is -0.210. The zero-order valence-corrected chi connectivity index (χ0v) is 16.3. The van der Waals surface area contributed by atoms with Crippen molar-refractivity contribution in [3.8, 4) is 16.2 Å². The van der Waals surface area contributed by atoms with Crippen molar-refractivity contribution in [3.05, 3.63) is 76.3 Å². The number of aromatic nitrogens is 2. The summed E-state index contributed by atoms with van der Waals surface area (Å²) in [6.07, 6.45) is 0. The first-order valence-electron chi connectivity index (χ1n) is 8.28. The number of hydrogen-bond acceptors (Lipinski definition) is 5. The summed E-state index contributed by atoms with van der Waals surface area (Å²) in [5, 5.41) is 0. The van der Waals surface area contributed by atoms with Crippen LogP contribution in [0, 0.1) is 11.6 Å². The molecule has 0 radical (unpaired) electrons. The lowest BCUT2D eigenvalue weighted by Gasteiger charge is -2.02. The lowest BCUT2D eigenvalue weighted by atomic mass is 10.2. The van der Waals surface area contributed by atoms with Gasteiger partial charge in [-0.15, -0.1) is 23.1 Å². The molecule has 1 N–H and O–H groups in total. The van der Waals surface area contributed by atoms with Gasteiger partial charge in [0.2, 0.25) is 0 Å². The average molecular weight is 416 g/mol. The van der Waals surface area contributed by atoms with Gasteiger partial charge in [-0.2, -0.15) is 0 Å². The second-order valence-corrected chi connectivity index (χ2v) is 8.03. The third kappa shape index (κ3) is 3.79. The van der Waals surface area contributed by atoms with Crippen molar-refractivity contribution in [1.29, 1.82) is 0 Å².